The van der Waals surface area contributed by atoms with Gasteiger partial charge in [-0.25, -0.2) is 4.79 Å². The first kappa shape index (κ1) is 22.1. The van der Waals surface area contributed by atoms with E-state index in [0.717, 1.165) is 64.7 Å². The fraction of sp³-hybridized carbons (Fsp3) is 0.700. The molecule has 28 heavy (non-hydrogen) atoms. The third-order valence-corrected chi connectivity index (χ3v) is 4.52. The molecule has 8 heteroatoms. The predicted octanol–water partition coefficient (Wildman–Crippen LogP) is 1.60. The maximum atomic E-state index is 12.1. The Morgan fingerprint density at radius 1 is 1.04 bits per heavy atom. The zero-order valence-corrected chi connectivity index (χ0v) is 17.8. The monoisotopic (exact) mass is 392 g/mol. The second kappa shape index (κ2) is 10.9. The maximum Gasteiger partial charge on any atom is 0.410 e. The van der Waals surface area contributed by atoms with Crippen molar-refractivity contribution >= 4 is 12.1 Å². The van der Waals surface area contributed by atoms with Gasteiger partial charge in [0.05, 0.1) is 0 Å². The molecule has 8 nitrogen and oxygen atoms in total. The van der Waals surface area contributed by atoms with E-state index in [1.165, 1.54) is 0 Å². The summed E-state index contributed by atoms with van der Waals surface area (Å²) in [6.07, 6.45) is 4.94. The van der Waals surface area contributed by atoms with E-state index in [1.54, 1.807) is 11.9 Å². The molecule has 1 saturated heterocycles. The molecule has 1 aliphatic heterocycles. The normalized spacial score (nSPS) is 16.1. The fourth-order valence-electron chi connectivity index (χ4n) is 3.03. The highest BCUT2D eigenvalue weighted by atomic mass is 16.6. The first-order valence-corrected chi connectivity index (χ1v) is 10.1. The Hall–Kier alpha value is -2.22. The van der Waals surface area contributed by atoms with Crippen molar-refractivity contribution in [3.63, 3.8) is 0 Å². The minimum atomic E-state index is -0.436. The predicted molar refractivity (Wildman–Crippen MR) is 113 cm³/mol. The molecule has 158 valence electrons. The van der Waals surface area contributed by atoms with E-state index in [0.29, 0.717) is 0 Å². The number of rotatable bonds is 7. The molecule has 0 radical (unpaired) electrons. The van der Waals surface area contributed by atoms with Crippen molar-refractivity contribution in [2.75, 3.05) is 52.9 Å². The first-order chi connectivity index (χ1) is 13.4. The highest BCUT2D eigenvalue weighted by Gasteiger charge is 2.25. The summed E-state index contributed by atoms with van der Waals surface area (Å²) < 4.78 is 7.58. The maximum absolute atomic E-state index is 12.1. The average molecular weight is 393 g/mol. The van der Waals surface area contributed by atoms with Crippen LogP contribution in [0.15, 0.2) is 29.5 Å². The van der Waals surface area contributed by atoms with Crippen molar-refractivity contribution in [2.45, 2.75) is 39.3 Å². The number of nitrogens with one attached hydrogen (secondary N) is 2. The number of ether oxygens (including phenoxy) is 1. The van der Waals surface area contributed by atoms with Gasteiger partial charge in [0.1, 0.15) is 5.60 Å². The molecule has 0 aliphatic carbocycles. The van der Waals surface area contributed by atoms with Crippen LogP contribution in [0.4, 0.5) is 4.79 Å². The number of hydrogen-bond acceptors (Lipinski definition) is 4. The van der Waals surface area contributed by atoms with Gasteiger partial charge in [0.25, 0.3) is 0 Å². The molecule has 0 saturated carbocycles. The van der Waals surface area contributed by atoms with Crippen LogP contribution in [-0.2, 0) is 11.3 Å². The Morgan fingerprint density at radius 3 is 2.29 bits per heavy atom. The van der Waals surface area contributed by atoms with Gasteiger partial charge in [0.15, 0.2) is 5.96 Å². The van der Waals surface area contributed by atoms with Crippen LogP contribution in [-0.4, -0.2) is 84.9 Å². The number of aliphatic imine (C=N–C) groups is 1. The van der Waals surface area contributed by atoms with Crippen LogP contribution in [0.3, 0.4) is 0 Å². The van der Waals surface area contributed by atoms with Crippen LogP contribution in [0.2, 0.25) is 0 Å². The lowest BCUT2D eigenvalue weighted by Gasteiger charge is -2.35. The van der Waals surface area contributed by atoms with Gasteiger partial charge in [0.2, 0.25) is 0 Å². The average Bonchev–Trinajstić information content (AvgIpc) is 3.16. The van der Waals surface area contributed by atoms with Crippen LogP contribution in [0.25, 0.3) is 0 Å². The summed E-state index contributed by atoms with van der Waals surface area (Å²) in [7, 11) is 1.79. The summed E-state index contributed by atoms with van der Waals surface area (Å²) in [5, 5.41) is 6.69. The van der Waals surface area contributed by atoms with E-state index < -0.39 is 5.60 Å². The van der Waals surface area contributed by atoms with Crippen molar-refractivity contribution in [1.82, 2.24) is 25.0 Å². The molecule has 0 spiro atoms. The van der Waals surface area contributed by atoms with Gasteiger partial charge < -0.3 is 24.8 Å². The molecule has 1 amide bonds. The van der Waals surface area contributed by atoms with Crippen molar-refractivity contribution in [3.8, 4) is 0 Å². The smallest absolute Gasteiger partial charge is 0.410 e. The van der Waals surface area contributed by atoms with E-state index in [9.17, 15) is 4.79 Å². The molecule has 2 rings (SSSR count). The number of hydrogen-bond donors (Lipinski definition) is 2. The summed E-state index contributed by atoms with van der Waals surface area (Å²) in [5.41, 5.74) is -0.436. The zero-order chi connectivity index (χ0) is 20.4. The standard InChI is InChI=1S/C20H36N6O2/c1-20(2,3)28-19(27)26-16-14-25(15-17-26)12-7-8-22-18(21-4)23-9-13-24-10-5-6-11-24/h5-6,10-11H,7-9,12-17H2,1-4H3,(H2,21,22,23). The molecule has 1 aromatic heterocycles. The number of nitrogens with zero attached hydrogens (tertiary/aromatic N) is 4. The van der Waals surface area contributed by atoms with E-state index in [2.05, 4.69) is 37.5 Å². The molecule has 0 atom stereocenters. The largest absolute Gasteiger partial charge is 0.444 e. The second-order valence-electron chi connectivity index (χ2n) is 8.01. The number of aromatic nitrogens is 1. The van der Waals surface area contributed by atoms with Crippen molar-refractivity contribution in [3.05, 3.63) is 24.5 Å². The summed E-state index contributed by atoms with van der Waals surface area (Å²) in [5.74, 6) is 0.835. The zero-order valence-electron chi connectivity index (χ0n) is 17.8. The van der Waals surface area contributed by atoms with Gasteiger partial charge in [-0.1, -0.05) is 0 Å². The number of piperazine rings is 1. The molecular weight excluding hydrogens is 356 g/mol. The van der Waals surface area contributed by atoms with Crippen molar-refractivity contribution < 1.29 is 9.53 Å². The van der Waals surface area contributed by atoms with Gasteiger partial charge in [-0.3, -0.25) is 9.89 Å². The van der Waals surface area contributed by atoms with E-state index >= 15 is 0 Å². The third kappa shape index (κ3) is 8.21. The molecule has 2 N–H and O–H groups in total. The number of carbonyl (C=O) groups is 1. The lowest BCUT2D eigenvalue weighted by atomic mass is 10.2. The number of carbonyl (C=O) groups excluding carboxylic acids is 1. The highest BCUT2D eigenvalue weighted by Crippen LogP contribution is 2.11. The molecule has 2 heterocycles. The molecule has 1 fully saturated rings. The second-order valence-corrected chi connectivity index (χ2v) is 8.01. The highest BCUT2D eigenvalue weighted by molar-refractivity contribution is 5.79. The summed E-state index contributed by atoms with van der Waals surface area (Å²) in [6, 6.07) is 4.06. The van der Waals surface area contributed by atoms with Gasteiger partial charge >= 0.3 is 6.09 Å². The number of guanidine groups is 1. The van der Waals surface area contributed by atoms with Gasteiger partial charge in [-0.15, -0.1) is 0 Å². The van der Waals surface area contributed by atoms with Crippen LogP contribution >= 0.6 is 0 Å². The third-order valence-electron chi connectivity index (χ3n) is 4.52. The Balaban J connectivity index is 1.55. The molecule has 0 unspecified atom stereocenters. The Bertz CT molecular complexity index is 601. The number of amides is 1. The molecule has 0 bridgehead atoms. The summed E-state index contributed by atoms with van der Waals surface area (Å²) in [4.78, 5) is 20.6. The Labute approximate surface area is 168 Å². The quantitative estimate of drug-likeness (QED) is 0.419. The lowest BCUT2D eigenvalue weighted by molar-refractivity contribution is 0.0145. The van der Waals surface area contributed by atoms with Crippen molar-refractivity contribution in [1.29, 1.82) is 0 Å². The SMILES string of the molecule is CN=C(NCCCN1CCN(C(=O)OC(C)(C)C)CC1)NCCn1cccc1. The minimum Gasteiger partial charge on any atom is -0.444 e. The van der Waals surface area contributed by atoms with Crippen LogP contribution in [0, 0.1) is 0 Å². The van der Waals surface area contributed by atoms with Crippen LogP contribution in [0.1, 0.15) is 27.2 Å². The van der Waals surface area contributed by atoms with Crippen LogP contribution < -0.4 is 10.6 Å². The van der Waals surface area contributed by atoms with Crippen LogP contribution in [0.5, 0.6) is 0 Å². The fourth-order valence-corrected chi connectivity index (χ4v) is 3.03. The van der Waals surface area contributed by atoms with Gasteiger partial charge in [0, 0.05) is 65.3 Å². The molecule has 0 aromatic carbocycles. The summed E-state index contributed by atoms with van der Waals surface area (Å²) in [6.45, 7) is 12.6. The van der Waals surface area contributed by atoms with Gasteiger partial charge in [-0.2, -0.15) is 0 Å². The van der Waals surface area contributed by atoms with E-state index in [-0.39, 0.29) is 6.09 Å². The molecule has 1 aromatic rings. The Morgan fingerprint density at radius 2 is 1.68 bits per heavy atom. The molecule has 1 aliphatic rings. The topological polar surface area (TPSA) is 74.1 Å². The minimum absolute atomic E-state index is 0.205. The van der Waals surface area contributed by atoms with E-state index in [1.807, 2.05) is 32.9 Å². The van der Waals surface area contributed by atoms with E-state index in [4.69, 9.17) is 4.74 Å². The van der Waals surface area contributed by atoms with Crippen molar-refractivity contribution in [2.24, 2.45) is 4.99 Å². The lowest BCUT2D eigenvalue weighted by Crippen LogP contribution is -2.50. The Kier molecular flexibility index (Phi) is 8.63. The summed E-state index contributed by atoms with van der Waals surface area (Å²) >= 11 is 0. The van der Waals surface area contributed by atoms with Gasteiger partial charge in [-0.05, 0) is 45.9 Å². The first-order valence-electron chi connectivity index (χ1n) is 10.1. The molecular formula is C20H36N6O2.